The number of morpholine rings is 1. The molecule has 0 saturated carbocycles. The molecule has 0 amide bonds. The lowest BCUT2D eigenvalue weighted by atomic mass is 10.0. The van der Waals surface area contributed by atoms with Crippen molar-refractivity contribution in [2.45, 2.75) is 39.8 Å². The molecule has 1 saturated heterocycles. The van der Waals surface area contributed by atoms with Crippen molar-refractivity contribution in [1.29, 1.82) is 0 Å². The van der Waals surface area contributed by atoms with Crippen molar-refractivity contribution in [1.82, 2.24) is 15.2 Å². The van der Waals surface area contributed by atoms with Gasteiger partial charge in [0, 0.05) is 55.9 Å². The maximum atomic E-state index is 5.44. The van der Waals surface area contributed by atoms with Crippen molar-refractivity contribution in [2.75, 3.05) is 50.8 Å². The quantitative estimate of drug-likeness (QED) is 0.793. The van der Waals surface area contributed by atoms with E-state index in [9.17, 15) is 0 Å². The number of aromatic nitrogens is 1. The van der Waals surface area contributed by atoms with Gasteiger partial charge in [-0.15, -0.1) is 11.3 Å². The summed E-state index contributed by atoms with van der Waals surface area (Å²) in [5.74, 6) is 0. The first-order chi connectivity index (χ1) is 10.6. The summed E-state index contributed by atoms with van der Waals surface area (Å²) in [7, 11) is 0. The molecule has 1 N–H and O–H groups in total. The van der Waals surface area contributed by atoms with Crippen LogP contribution in [0.5, 0.6) is 0 Å². The Hall–Kier alpha value is -0.690. The summed E-state index contributed by atoms with van der Waals surface area (Å²) in [6, 6.07) is 0. The van der Waals surface area contributed by atoms with Crippen molar-refractivity contribution >= 4 is 16.5 Å². The number of hydrogen-bond acceptors (Lipinski definition) is 6. The number of nitrogens with zero attached hydrogens (tertiary/aromatic N) is 3. The number of rotatable bonds is 8. The first kappa shape index (κ1) is 17.7. The Balaban J connectivity index is 1.80. The van der Waals surface area contributed by atoms with Gasteiger partial charge in [0.25, 0.3) is 0 Å². The lowest BCUT2D eigenvalue weighted by molar-refractivity contribution is -0.00965. The lowest BCUT2D eigenvalue weighted by Gasteiger charge is -2.41. The topological polar surface area (TPSA) is 40.6 Å². The van der Waals surface area contributed by atoms with Crippen molar-refractivity contribution in [3.8, 4) is 0 Å². The summed E-state index contributed by atoms with van der Waals surface area (Å²) < 4.78 is 5.44. The van der Waals surface area contributed by atoms with Crippen LogP contribution >= 0.6 is 11.3 Å². The van der Waals surface area contributed by atoms with Crippen LogP contribution < -0.4 is 10.2 Å². The van der Waals surface area contributed by atoms with E-state index < -0.39 is 0 Å². The lowest BCUT2D eigenvalue weighted by Crippen LogP contribution is -2.54. The highest BCUT2D eigenvalue weighted by atomic mass is 32.1. The van der Waals surface area contributed by atoms with Gasteiger partial charge in [0.1, 0.15) is 0 Å². The van der Waals surface area contributed by atoms with E-state index in [1.165, 1.54) is 4.88 Å². The van der Waals surface area contributed by atoms with Crippen LogP contribution in [0.25, 0.3) is 0 Å². The molecule has 1 fully saturated rings. The molecule has 1 aromatic heterocycles. The average Bonchev–Trinajstić information content (AvgIpc) is 2.98. The van der Waals surface area contributed by atoms with Crippen LogP contribution in [0.15, 0.2) is 6.20 Å². The molecule has 1 aliphatic heterocycles. The fraction of sp³-hybridized carbons (Fsp3) is 0.812. The normalized spacial score (nSPS) is 16.9. The van der Waals surface area contributed by atoms with Gasteiger partial charge >= 0.3 is 0 Å². The van der Waals surface area contributed by atoms with Gasteiger partial charge in [-0.1, -0.05) is 0 Å². The Morgan fingerprint density at radius 1 is 1.32 bits per heavy atom. The number of anilines is 1. The predicted molar refractivity (Wildman–Crippen MR) is 93.9 cm³/mol. The smallest absolute Gasteiger partial charge is 0.185 e. The standard InChI is InChI=1S/C16H30N4OS/c1-5-19(6-2)15-18-12-14(22-15)11-17-13-16(3,4)20-7-9-21-10-8-20/h12,17H,5-11,13H2,1-4H3. The molecular formula is C16H30N4OS. The van der Waals surface area contributed by atoms with Crippen LogP contribution in [0, 0.1) is 0 Å². The Morgan fingerprint density at radius 2 is 2.00 bits per heavy atom. The van der Waals surface area contributed by atoms with Crippen molar-refractivity contribution < 1.29 is 4.74 Å². The van der Waals surface area contributed by atoms with E-state index in [0.717, 1.165) is 57.6 Å². The zero-order chi connectivity index (χ0) is 16.0. The molecule has 5 nitrogen and oxygen atoms in total. The van der Waals surface area contributed by atoms with E-state index in [1.807, 2.05) is 6.20 Å². The number of thiazole rings is 1. The van der Waals surface area contributed by atoms with Crippen LogP contribution in [0.2, 0.25) is 0 Å². The van der Waals surface area contributed by atoms with Crippen molar-refractivity contribution in [3.63, 3.8) is 0 Å². The van der Waals surface area contributed by atoms with Gasteiger partial charge in [-0.25, -0.2) is 4.98 Å². The van der Waals surface area contributed by atoms with Gasteiger partial charge in [0.05, 0.1) is 13.2 Å². The van der Waals surface area contributed by atoms with E-state index in [-0.39, 0.29) is 5.54 Å². The van der Waals surface area contributed by atoms with Crippen LogP contribution in [0.1, 0.15) is 32.6 Å². The molecule has 2 rings (SSSR count). The van der Waals surface area contributed by atoms with Crippen LogP contribution in [0.4, 0.5) is 5.13 Å². The minimum Gasteiger partial charge on any atom is -0.379 e. The third-order valence-corrected chi connectivity index (χ3v) is 5.36. The monoisotopic (exact) mass is 326 g/mol. The fourth-order valence-corrected chi connectivity index (χ4v) is 3.80. The summed E-state index contributed by atoms with van der Waals surface area (Å²) in [5.41, 5.74) is 0.163. The zero-order valence-corrected chi connectivity index (χ0v) is 15.2. The second-order valence-electron chi connectivity index (χ2n) is 6.30. The molecule has 0 aliphatic carbocycles. The van der Waals surface area contributed by atoms with Gasteiger partial charge in [0.15, 0.2) is 5.13 Å². The highest BCUT2D eigenvalue weighted by Gasteiger charge is 2.27. The molecule has 0 spiro atoms. The molecule has 0 aromatic carbocycles. The number of nitrogens with one attached hydrogen (secondary N) is 1. The fourth-order valence-electron chi connectivity index (χ4n) is 2.79. The molecule has 1 aromatic rings. The summed E-state index contributed by atoms with van der Waals surface area (Å²) in [6.07, 6.45) is 2.01. The molecule has 0 atom stereocenters. The van der Waals surface area contributed by atoms with Gasteiger partial charge in [-0.2, -0.15) is 0 Å². The Morgan fingerprint density at radius 3 is 2.64 bits per heavy atom. The Bertz CT molecular complexity index is 439. The van der Waals surface area contributed by atoms with E-state index in [1.54, 1.807) is 11.3 Å². The van der Waals surface area contributed by atoms with Crippen LogP contribution in [-0.4, -0.2) is 61.4 Å². The minimum absolute atomic E-state index is 0.163. The molecule has 126 valence electrons. The summed E-state index contributed by atoms with van der Waals surface area (Å²) in [6.45, 7) is 16.6. The SMILES string of the molecule is CCN(CC)c1ncc(CNCC(C)(C)N2CCOCC2)s1. The molecule has 2 heterocycles. The highest BCUT2D eigenvalue weighted by Crippen LogP contribution is 2.22. The third-order valence-electron chi connectivity index (χ3n) is 4.30. The largest absolute Gasteiger partial charge is 0.379 e. The third kappa shape index (κ3) is 4.65. The van der Waals surface area contributed by atoms with Crippen LogP contribution in [-0.2, 0) is 11.3 Å². The van der Waals surface area contributed by atoms with Gasteiger partial charge in [-0.3, -0.25) is 4.90 Å². The first-order valence-electron chi connectivity index (χ1n) is 8.30. The Kier molecular flexibility index (Phi) is 6.62. The van der Waals surface area contributed by atoms with E-state index in [4.69, 9.17) is 4.74 Å². The Labute approximate surface area is 138 Å². The predicted octanol–water partition coefficient (Wildman–Crippen LogP) is 2.19. The van der Waals surface area contributed by atoms with Gasteiger partial charge in [0.2, 0.25) is 0 Å². The summed E-state index contributed by atoms with van der Waals surface area (Å²) in [4.78, 5) is 10.7. The van der Waals surface area contributed by atoms with Crippen molar-refractivity contribution in [2.24, 2.45) is 0 Å². The number of hydrogen-bond donors (Lipinski definition) is 1. The second kappa shape index (κ2) is 8.24. The summed E-state index contributed by atoms with van der Waals surface area (Å²) >= 11 is 1.80. The van der Waals surface area contributed by atoms with Crippen LogP contribution in [0.3, 0.4) is 0 Å². The minimum atomic E-state index is 0.163. The average molecular weight is 327 g/mol. The van der Waals surface area contributed by atoms with E-state index >= 15 is 0 Å². The maximum absolute atomic E-state index is 5.44. The maximum Gasteiger partial charge on any atom is 0.185 e. The van der Waals surface area contributed by atoms with E-state index in [2.05, 4.69) is 47.8 Å². The zero-order valence-electron chi connectivity index (χ0n) is 14.4. The van der Waals surface area contributed by atoms with Gasteiger partial charge < -0.3 is 15.0 Å². The molecule has 0 bridgehead atoms. The van der Waals surface area contributed by atoms with Gasteiger partial charge in [-0.05, 0) is 27.7 Å². The molecule has 1 aliphatic rings. The van der Waals surface area contributed by atoms with Crippen molar-refractivity contribution in [3.05, 3.63) is 11.1 Å². The molecule has 0 radical (unpaired) electrons. The molecular weight excluding hydrogens is 296 g/mol. The first-order valence-corrected chi connectivity index (χ1v) is 9.11. The molecule has 22 heavy (non-hydrogen) atoms. The molecule has 6 heteroatoms. The highest BCUT2D eigenvalue weighted by molar-refractivity contribution is 7.15. The molecule has 0 unspecified atom stereocenters. The number of ether oxygens (including phenoxy) is 1. The summed E-state index contributed by atoms with van der Waals surface area (Å²) in [5, 5.41) is 4.73. The van der Waals surface area contributed by atoms with E-state index in [0.29, 0.717) is 0 Å². The second-order valence-corrected chi connectivity index (χ2v) is 7.39.